The highest BCUT2D eigenvalue weighted by Crippen LogP contribution is 2.29. The third kappa shape index (κ3) is 3.97. The van der Waals surface area contributed by atoms with Crippen molar-refractivity contribution in [1.82, 2.24) is 9.97 Å². The summed E-state index contributed by atoms with van der Waals surface area (Å²) in [5.74, 6) is -1.39. The fourth-order valence-corrected chi connectivity index (χ4v) is 3.94. The number of amides is 1. The van der Waals surface area contributed by atoms with E-state index in [2.05, 4.69) is 9.97 Å². The van der Waals surface area contributed by atoms with E-state index in [4.69, 9.17) is 0 Å². The number of carbonyl (C=O) groups excluding carboxylic acids is 2. The predicted molar refractivity (Wildman–Crippen MR) is 116 cm³/mol. The van der Waals surface area contributed by atoms with Gasteiger partial charge in [0.1, 0.15) is 0 Å². The molecule has 30 heavy (non-hydrogen) atoms. The number of hydrogen-bond acceptors (Lipinski definition) is 6. The molecule has 0 radical (unpaired) electrons. The number of para-hydroxylation sites is 2. The molecule has 1 amide bonds. The van der Waals surface area contributed by atoms with Gasteiger partial charge >= 0.3 is 0 Å². The summed E-state index contributed by atoms with van der Waals surface area (Å²) >= 11 is 1.34. The number of anilines is 2. The van der Waals surface area contributed by atoms with Crippen LogP contribution in [-0.2, 0) is 4.79 Å². The van der Waals surface area contributed by atoms with Crippen LogP contribution < -0.4 is 10.0 Å². The lowest BCUT2D eigenvalue weighted by molar-refractivity contribution is -0.254. The van der Waals surface area contributed by atoms with Crippen LogP contribution in [0.5, 0.6) is 0 Å². The van der Waals surface area contributed by atoms with Gasteiger partial charge in [0, 0.05) is 23.3 Å². The van der Waals surface area contributed by atoms with Crippen molar-refractivity contribution in [2.75, 3.05) is 4.90 Å². The quantitative estimate of drug-likeness (QED) is 0.494. The van der Waals surface area contributed by atoms with Crippen LogP contribution in [0.2, 0.25) is 0 Å². The SMILES string of the molecule is CC(=O)N(c1ccccc1)c1nc(/C=C/c2cc(C(=O)[O-])c3ccccc3n2)cs1. The number of carbonyl (C=O) groups is 2. The molecule has 0 aliphatic heterocycles. The molecule has 4 rings (SSSR count). The van der Waals surface area contributed by atoms with E-state index in [0.29, 0.717) is 27.4 Å². The van der Waals surface area contributed by atoms with Crippen molar-refractivity contribution >= 4 is 57.1 Å². The lowest BCUT2D eigenvalue weighted by atomic mass is 10.1. The van der Waals surface area contributed by atoms with Gasteiger partial charge in [0.05, 0.1) is 28.6 Å². The highest BCUT2D eigenvalue weighted by molar-refractivity contribution is 7.14. The molecule has 0 bridgehead atoms. The second-order valence-electron chi connectivity index (χ2n) is 6.48. The Morgan fingerprint density at radius 3 is 2.40 bits per heavy atom. The number of thiazole rings is 1. The number of rotatable bonds is 5. The zero-order valence-electron chi connectivity index (χ0n) is 16.0. The first-order valence-corrected chi connectivity index (χ1v) is 10.0. The van der Waals surface area contributed by atoms with Gasteiger partial charge in [-0.15, -0.1) is 11.3 Å². The average molecular weight is 414 g/mol. The van der Waals surface area contributed by atoms with E-state index in [0.717, 1.165) is 5.69 Å². The van der Waals surface area contributed by atoms with Crippen molar-refractivity contribution in [1.29, 1.82) is 0 Å². The first-order valence-electron chi connectivity index (χ1n) is 9.13. The molecule has 7 heteroatoms. The van der Waals surface area contributed by atoms with E-state index in [1.54, 1.807) is 41.3 Å². The van der Waals surface area contributed by atoms with Gasteiger partial charge in [0.25, 0.3) is 0 Å². The molecule has 4 aromatic rings. The Bertz CT molecular complexity index is 1270. The Morgan fingerprint density at radius 2 is 1.67 bits per heavy atom. The number of benzene rings is 2. The number of pyridine rings is 1. The maximum absolute atomic E-state index is 12.2. The second-order valence-corrected chi connectivity index (χ2v) is 7.31. The molecular formula is C23H16N3O3S-. The minimum Gasteiger partial charge on any atom is -0.545 e. The van der Waals surface area contributed by atoms with E-state index in [1.807, 2.05) is 35.7 Å². The summed E-state index contributed by atoms with van der Waals surface area (Å²) in [6.07, 6.45) is 3.43. The maximum atomic E-state index is 12.2. The molecule has 0 aliphatic rings. The molecule has 148 valence electrons. The number of nitrogens with zero attached hydrogens (tertiary/aromatic N) is 3. The maximum Gasteiger partial charge on any atom is 0.230 e. The first-order chi connectivity index (χ1) is 14.5. The topological polar surface area (TPSA) is 86.2 Å². The minimum absolute atomic E-state index is 0.0889. The van der Waals surface area contributed by atoms with Crippen LogP contribution in [0.15, 0.2) is 66.0 Å². The van der Waals surface area contributed by atoms with Crippen molar-refractivity contribution in [3.63, 3.8) is 0 Å². The van der Waals surface area contributed by atoms with Crippen LogP contribution in [0.25, 0.3) is 23.1 Å². The molecule has 0 fully saturated rings. The van der Waals surface area contributed by atoms with Crippen LogP contribution in [-0.4, -0.2) is 21.8 Å². The van der Waals surface area contributed by atoms with Gasteiger partial charge in [-0.1, -0.05) is 36.4 Å². The van der Waals surface area contributed by atoms with E-state index < -0.39 is 5.97 Å². The fourth-order valence-electron chi connectivity index (χ4n) is 3.08. The summed E-state index contributed by atoms with van der Waals surface area (Å²) in [7, 11) is 0. The molecule has 0 spiro atoms. The monoisotopic (exact) mass is 414 g/mol. The average Bonchev–Trinajstić information content (AvgIpc) is 3.20. The molecule has 0 aliphatic carbocycles. The molecule has 0 atom stereocenters. The summed E-state index contributed by atoms with van der Waals surface area (Å²) in [6.45, 7) is 1.49. The Morgan fingerprint density at radius 1 is 0.967 bits per heavy atom. The van der Waals surface area contributed by atoms with Gasteiger partial charge in [0.2, 0.25) is 5.91 Å². The highest BCUT2D eigenvalue weighted by atomic mass is 32.1. The molecule has 0 N–H and O–H groups in total. The van der Waals surface area contributed by atoms with E-state index in [1.165, 1.54) is 24.3 Å². The Hall–Kier alpha value is -3.84. The van der Waals surface area contributed by atoms with Crippen molar-refractivity contribution in [2.24, 2.45) is 0 Å². The molecule has 2 aromatic heterocycles. The van der Waals surface area contributed by atoms with E-state index >= 15 is 0 Å². The Balaban J connectivity index is 1.65. The summed E-state index contributed by atoms with van der Waals surface area (Å²) in [6, 6.07) is 17.8. The van der Waals surface area contributed by atoms with Crippen molar-refractivity contribution < 1.29 is 14.7 Å². The van der Waals surface area contributed by atoms with Gasteiger partial charge in [-0.3, -0.25) is 9.69 Å². The van der Waals surface area contributed by atoms with Gasteiger partial charge in [-0.25, -0.2) is 9.97 Å². The zero-order valence-corrected chi connectivity index (χ0v) is 16.8. The summed E-state index contributed by atoms with van der Waals surface area (Å²) < 4.78 is 0. The van der Waals surface area contributed by atoms with Gasteiger partial charge in [-0.05, 0) is 36.4 Å². The summed E-state index contributed by atoms with van der Waals surface area (Å²) in [4.78, 5) is 34.2. The minimum atomic E-state index is -1.25. The van der Waals surface area contributed by atoms with Crippen molar-refractivity contribution in [3.8, 4) is 0 Å². The standard InChI is InChI=1S/C23H17N3O3S/c1-15(27)26(18-7-3-2-4-8-18)23-25-17(14-30-23)12-11-16-13-20(22(28)29)19-9-5-6-10-21(19)24-16/h2-14H,1H3,(H,28,29)/p-1/b12-11+. The van der Waals surface area contributed by atoms with Gasteiger partial charge in [0.15, 0.2) is 5.13 Å². The third-order valence-electron chi connectivity index (χ3n) is 4.41. The van der Waals surface area contributed by atoms with Crippen LogP contribution in [0.1, 0.15) is 28.7 Å². The lowest BCUT2D eigenvalue weighted by Crippen LogP contribution is -2.22. The molecule has 2 heterocycles. The van der Waals surface area contributed by atoms with Crippen LogP contribution in [0.3, 0.4) is 0 Å². The number of aromatic nitrogens is 2. The number of aromatic carboxylic acids is 1. The van der Waals surface area contributed by atoms with Gasteiger partial charge < -0.3 is 9.90 Å². The van der Waals surface area contributed by atoms with Crippen LogP contribution in [0.4, 0.5) is 10.8 Å². The Kier molecular flexibility index (Phi) is 5.36. The summed E-state index contributed by atoms with van der Waals surface area (Å²) in [5, 5.41) is 14.4. The van der Waals surface area contributed by atoms with Crippen molar-refractivity contribution in [3.05, 3.63) is 83.0 Å². The molecule has 2 aromatic carbocycles. The smallest absolute Gasteiger partial charge is 0.230 e. The van der Waals surface area contributed by atoms with Gasteiger partial charge in [-0.2, -0.15) is 0 Å². The van der Waals surface area contributed by atoms with E-state index in [9.17, 15) is 14.7 Å². The highest BCUT2D eigenvalue weighted by Gasteiger charge is 2.17. The molecule has 6 nitrogen and oxygen atoms in total. The predicted octanol–water partition coefficient (Wildman–Crippen LogP) is 3.91. The molecule has 0 unspecified atom stereocenters. The van der Waals surface area contributed by atoms with Crippen LogP contribution in [0, 0.1) is 0 Å². The fraction of sp³-hybridized carbons (Fsp3) is 0.0435. The number of carboxylic acid groups (broad SMARTS) is 1. The summed E-state index contributed by atoms with van der Waals surface area (Å²) in [5.41, 5.74) is 2.52. The molecule has 0 saturated heterocycles. The van der Waals surface area contributed by atoms with Crippen LogP contribution >= 0.6 is 11.3 Å². The Labute approximate surface area is 176 Å². The second kappa shape index (κ2) is 8.26. The molecular weight excluding hydrogens is 398 g/mol. The zero-order chi connectivity index (χ0) is 21.1. The normalized spacial score (nSPS) is 11.1. The lowest BCUT2D eigenvalue weighted by Gasteiger charge is -2.17. The number of fused-ring (bicyclic) bond motifs is 1. The third-order valence-corrected chi connectivity index (χ3v) is 5.26. The number of carboxylic acids is 1. The largest absolute Gasteiger partial charge is 0.545 e. The number of hydrogen-bond donors (Lipinski definition) is 0. The molecule has 0 saturated carbocycles. The first kappa shape index (κ1) is 19.5. The van der Waals surface area contributed by atoms with E-state index in [-0.39, 0.29) is 11.5 Å². The van der Waals surface area contributed by atoms with Crippen molar-refractivity contribution in [2.45, 2.75) is 6.92 Å².